The van der Waals surface area contributed by atoms with Gasteiger partial charge in [0.1, 0.15) is 11.5 Å². The number of benzene rings is 2. The van der Waals surface area contributed by atoms with E-state index in [0.29, 0.717) is 40.4 Å². The number of nitrogens with zero attached hydrogens (tertiary/aromatic N) is 3. The van der Waals surface area contributed by atoms with Crippen LogP contribution < -0.4 is 10.1 Å². The van der Waals surface area contributed by atoms with Crippen LogP contribution >= 0.6 is 22.9 Å². The number of thiazole rings is 1. The second kappa shape index (κ2) is 9.15. The van der Waals surface area contributed by atoms with Crippen molar-refractivity contribution in [2.75, 3.05) is 13.1 Å². The number of hydrogen-bond acceptors (Lipinski definition) is 5. The van der Waals surface area contributed by atoms with E-state index in [1.807, 2.05) is 30.0 Å². The first-order chi connectivity index (χ1) is 17.8. The number of piperidine rings is 1. The quantitative estimate of drug-likeness (QED) is 0.356. The summed E-state index contributed by atoms with van der Waals surface area (Å²) in [6.45, 7) is 2.80. The molecule has 1 saturated heterocycles. The molecule has 2 aliphatic rings. The monoisotopic (exact) mass is 538 g/mol. The molecule has 10 heteroatoms. The third-order valence-corrected chi connectivity index (χ3v) is 8.46. The van der Waals surface area contributed by atoms with E-state index in [4.69, 9.17) is 16.3 Å². The van der Waals surface area contributed by atoms with Gasteiger partial charge in [0.05, 0.1) is 21.4 Å². The van der Waals surface area contributed by atoms with E-state index >= 15 is 0 Å². The summed E-state index contributed by atoms with van der Waals surface area (Å²) in [5, 5.41) is 4.88. The summed E-state index contributed by atoms with van der Waals surface area (Å²) in [4.78, 5) is 33.5. The highest BCUT2D eigenvalue weighted by atomic mass is 35.5. The summed E-state index contributed by atoms with van der Waals surface area (Å²) >= 11 is 7.66. The van der Waals surface area contributed by atoms with Gasteiger partial charge in [0.15, 0.2) is 0 Å². The van der Waals surface area contributed by atoms with Crippen molar-refractivity contribution >= 4 is 45.8 Å². The van der Waals surface area contributed by atoms with E-state index < -0.39 is 6.09 Å². The Hall–Kier alpha value is -3.43. The summed E-state index contributed by atoms with van der Waals surface area (Å²) < 4.78 is 20.8. The Labute approximate surface area is 221 Å². The van der Waals surface area contributed by atoms with Crippen LogP contribution in [0.25, 0.3) is 21.3 Å². The molecule has 0 spiro atoms. The number of aromatic nitrogens is 2. The zero-order chi connectivity index (χ0) is 25.8. The van der Waals surface area contributed by atoms with Crippen LogP contribution in [0.2, 0.25) is 5.02 Å². The number of ether oxygens (including phenoxy) is 1. The minimum atomic E-state index is -0.619. The van der Waals surface area contributed by atoms with Crippen LogP contribution in [-0.2, 0) is 7.05 Å². The van der Waals surface area contributed by atoms with Gasteiger partial charge in [-0.3, -0.25) is 4.79 Å². The number of carbonyl (C=O) groups is 2. The van der Waals surface area contributed by atoms with Crippen molar-refractivity contribution in [2.24, 2.45) is 18.9 Å². The van der Waals surface area contributed by atoms with Crippen LogP contribution in [0.1, 0.15) is 21.9 Å². The predicted octanol–water partition coefficient (Wildman–Crippen LogP) is 5.65. The number of fused-ring (bicyclic) bond motifs is 2. The second-order valence-electron chi connectivity index (χ2n) is 9.62. The van der Waals surface area contributed by atoms with Crippen molar-refractivity contribution in [3.8, 4) is 16.3 Å². The molecule has 2 amide bonds. The third-order valence-electron chi connectivity index (χ3n) is 7.20. The lowest BCUT2D eigenvalue weighted by molar-refractivity contribution is 0.0699. The van der Waals surface area contributed by atoms with Gasteiger partial charge in [-0.05, 0) is 61.1 Å². The van der Waals surface area contributed by atoms with Crippen molar-refractivity contribution in [3.05, 3.63) is 70.1 Å². The smallest absolute Gasteiger partial charge is 0.393 e. The average molecular weight is 539 g/mol. The SMILES string of the molecule is Cc1nc(C(=O)N2C[C@@H]3C[C@@H]3[C@H]2CNC(=O)Oc2cc3cc(F)ccc3n2C)c(-c2cccc(Cl)c2)s1. The summed E-state index contributed by atoms with van der Waals surface area (Å²) in [6, 6.07) is 13.3. The van der Waals surface area contributed by atoms with E-state index in [2.05, 4.69) is 10.3 Å². The maximum Gasteiger partial charge on any atom is 0.413 e. The first-order valence-electron chi connectivity index (χ1n) is 12.0. The normalized spacial score (nSPS) is 20.2. The fraction of sp³-hybridized carbons (Fsp3) is 0.296. The van der Waals surface area contributed by atoms with Gasteiger partial charge in [0.2, 0.25) is 5.88 Å². The lowest BCUT2D eigenvalue weighted by atomic mass is 10.1. The highest BCUT2D eigenvalue weighted by Crippen LogP contribution is 2.50. The molecule has 37 heavy (non-hydrogen) atoms. The van der Waals surface area contributed by atoms with Crippen molar-refractivity contribution in [3.63, 3.8) is 0 Å². The predicted molar refractivity (Wildman–Crippen MR) is 141 cm³/mol. The zero-order valence-electron chi connectivity index (χ0n) is 20.2. The van der Waals surface area contributed by atoms with Crippen LogP contribution in [0.3, 0.4) is 0 Å². The molecule has 1 aliphatic heterocycles. The summed E-state index contributed by atoms with van der Waals surface area (Å²) in [7, 11) is 1.75. The Kier molecular flexibility index (Phi) is 5.92. The highest BCUT2D eigenvalue weighted by Gasteiger charge is 2.54. The van der Waals surface area contributed by atoms with Gasteiger partial charge in [-0.1, -0.05) is 23.7 Å². The molecule has 4 aromatic rings. The number of likely N-dealkylation sites (tertiary alicyclic amines) is 1. The van der Waals surface area contributed by atoms with E-state index in [0.717, 1.165) is 27.4 Å². The maximum absolute atomic E-state index is 13.7. The molecular formula is C27H24ClFN4O3S. The first kappa shape index (κ1) is 23.9. The molecule has 2 aromatic carbocycles. The Morgan fingerprint density at radius 1 is 1.24 bits per heavy atom. The molecule has 6 rings (SSSR count). The minimum Gasteiger partial charge on any atom is -0.393 e. The fourth-order valence-corrected chi connectivity index (χ4v) is 6.41. The minimum absolute atomic E-state index is 0.137. The molecule has 7 nitrogen and oxygen atoms in total. The first-order valence-corrected chi connectivity index (χ1v) is 13.2. The molecule has 0 radical (unpaired) electrons. The van der Waals surface area contributed by atoms with E-state index in [1.54, 1.807) is 29.8 Å². The van der Waals surface area contributed by atoms with Crippen molar-refractivity contribution in [1.29, 1.82) is 0 Å². The van der Waals surface area contributed by atoms with Gasteiger partial charge in [-0.2, -0.15) is 0 Å². The van der Waals surface area contributed by atoms with Gasteiger partial charge in [-0.25, -0.2) is 14.2 Å². The third kappa shape index (κ3) is 4.46. The van der Waals surface area contributed by atoms with Crippen molar-refractivity contribution in [2.45, 2.75) is 19.4 Å². The lowest BCUT2D eigenvalue weighted by Gasteiger charge is -2.27. The van der Waals surface area contributed by atoms with Gasteiger partial charge < -0.3 is 19.5 Å². The van der Waals surface area contributed by atoms with Crippen LogP contribution in [-0.4, -0.2) is 45.6 Å². The topological polar surface area (TPSA) is 76.5 Å². The molecule has 1 N–H and O–H groups in total. The van der Waals surface area contributed by atoms with Crippen LogP contribution in [0, 0.1) is 24.6 Å². The van der Waals surface area contributed by atoms with E-state index in [9.17, 15) is 14.0 Å². The number of halogens is 2. The molecule has 1 aliphatic carbocycles. The molecule has 3 heterocycles. The van der Waals surface area contributed by atoms with Crippen molar-refractivity contribution < 1.29 is 18.7 Å². The summed E-state index contributed by atoms with van der Waals surface area (Å²) in [5.74, 6) is 0.606. The number of rotatable bonds is 5. The van der Waals surface area contributed by atoms with Gasteiger partial charge >= 0.3 is 6.09 Å². The molecule has 0 unspecified atom stereocenters. The molecular weight excluding hydrogens is 515 g/mol. The number of amides is 2. The largest absolute Gasteiger partial charge is 0.413 e. The Bertz CT molecular complexity index is 1550. The standard InChI is InChI=1S/C27H24ClFN4O3S/c1-14-31-24(25(37-14)15-4-3-5-18(28)8-15)26(34)33-13-17-10-20(17)22(33)12-30-27(35)36-23-11-16-9-19(29)6-7-21(16)32(23)2/h3-9,11,17,20,22H,10,12-13H2,1-2H3,(H,30,35)/t17-,20-,22+/m0/s1. The molecule has 2 aromatic heterocycles. The summed E-state index contributed by atoms with van der Waals surface area (Å²) in [6.07, 6.45) is 0.420. The molecule has 2 fully saturated rings. The lowest BCUT2D eigenvalue weighted by Crippen LogP contribution is -2.46. The number of hydrogen-bond donors (Lipinski definition) is 1. The average Bonchev–Trinajstić information content (AvgIpc) is 3.21. The van der Waals surface area contributed by atoms with Crippen LogP contribution in [0.5, 0.6) is 5.88 Å². The Morgan fingerprint density at radius 2 is 2.08 bits per heavy atom. The Morgan fingerprint density at radius 3 is 2.89 bits per heavy atom. The molecule has 190 valence electrons. The van der Waals surface area contributed by atoms with Crippen LogP contribution in [0.15, 0.2) is 48.5 Å². The number of aryl methyl sites for hydroxylation is 2. The van der Waals surface area contributed by atoms with Crippen LogP contribution in [0.4, 0.5) is 9.18 Å². The van der Waals surface area contributed by atoms with Crippen molar-refractivity contribution in [1.82, 2.24) is 19.8 Å². The van der Waals surface area contributed by atoms with E-state index in [-0.39, 0.29) is 24.3 Å². The van der Waals surface area contributed by atoms with Gasteiger partial charge in [0.25, 0.3) is 5.91 Å². The zero-order valence-corrected chi connectivity index (χ0v) is 21.8. The maximum atomic E-state index is 13.7. The highest BCUT2D eigenvalue weighted by molar-refractivity contribution is 7.15. The van der Waals surface area contributed by atoms with Gasteiger partial charge in [0, 0.05) is 36.6 Å². The number of carbonyl (C=O) groups excluding carboxylic acids is 2. The summed E-state index contributed by atoms with van der Waals surface area (Å²) in [5.41, 5.74) is 2.03. The molecule has 1 saturated carbocycles. The molecule has 3 atom stereocenters. The van der Waals surface area contributed by atoms with Gasteiger partial charge in [-0.15, -0.1) is 11.3 Å². The number of nitrogens with one attached hydrogen (secondary N) is 1. The second-order valence-corrected chi connectivity index (χ2v) is 11.3. The fourth-order valence-electron chi connectivity index (χ4n) is 5.31. The molecule has 0 bridgehead atoms. The van der Waals surface area contributed by atoms with E-state index in [1.165, 1.54) is 23.5 Å². The Balaban J connectivity index is 1.17.